The Balaban J connectivity index is 1.68. The highest BCUT2D eigenvalue weighted by Crippen LogP contribution is 2.31. The molecule has 0 aliphatic rings. The number of halogens is 3. The Hall–Kier alpha value is -3.27. The third kappa shape index (κ3) is 3.86. The molecular formula is C18H13F3N6S. The van der Waals surface area contributed by atoms with Gasteiger partial charge in [-0.15, -0.1) is 11.3 Å². The van der Waals surface area contributed by atoms with Crippen molar-refractivity contribution in [2.24, 2.45) is 0 Å². The van der Waals surface area contributed by atoms with Crippen molar-refractivity contribution in [2.45, 2.75) is 13.1 Å². The number of anilines is 4. The Morgan fingerprint density at radius 3 is 2.43 bits per heavy atom. The zero-order valence-corrected chi connectivity index (χ0v) is 15.3. The first-order valence-electron chi connectivity index (χ1n) is 8.14. The smallest absolute Gasteiger partial charge is 0.340 e. The van der Waals surface area contributed by atoms with Crippen molar-refractivity contribution >= 4 is 44.8 Å². The molecule has 0 radical (unpaired) electrons. The minimum atomic E-state index is -4.38. The molecule has 142 valence electrons. The first-order valence-corrected chi connectivity index (χ1v) is 9.02. The first kappa shape index (κ1) is 18.1. The maximum Gasteiger partial charge on any atom is 0.416 e. The Bertz CT molecular complexity index is 1120. The number of aromatic nitrogens is 4. The third-order valence-electron chi connectivity index (χ3n) is 3.81. The molecule has 0 bridgehead atoms. The van der Waals surface area contributed by atoms with Crippen LogP contribution in [0.4, 0.5) is 35.8 Å². The van der Waals surface area contributed by atoms with Crippen LogP contribution in [0.2, 0.25) is 0 Å². The molecule has 3 heterocycles. The molecule has 0 aliphatic heterocycles. The van der Waals surface area contributed by atoms with Gasteiger partial charge in [-0.05, 0) is 37.3 Å². The van der Waals surface area contributed by atoms with Crippen LogP contribution in [-0.4, -0.2) is 19.9 Å². The van der Waals surface area contributed by atoms with Gasteiger partial charge in [0.05, 0.1) is 22.2 Å². The molecule has 2 N–H and O–H groups in total. The molecule has 6 nitrogen and oxygen atoms in total. The van der Waals surface area contributed by atoms with Crippen molar-refractivity contribution in [1.82, 2.24) is 19.9 Å². The van der Waals surface area contributed by atoms with E-state index in [-0.39, 0.29) is 0 Å². The second-order valence-corrected chi connectivity index (χ2v) is 6.77. The maximum atomic E-state index is 12.8. The number of rotatable bonds is 4. The predicted octanol–water partition coefficient (Wildman–Crippen LogP) is 5.30. The summed E-state index contributed by atoms with van der Waals surface area (Å²) in [6, 6.07) is 6.46. The van der Waals surface area contributed by atoms with E-state index in [4.69, 9.17) is 0 Å². The lowest BCUT2D eigenvalue weighted by molar-refractivity contribution is -0.137. The largest absolute Gasteiger partial charge is 0.416 e. The fraction of sp³-hybridized carbons (Fsp3) is 0.111. The minimum absolute atomic E-state index is 0.322. The first-order chi connectivity index (χ1) is 13.4. The van der Waals surface area contributed by atoms with Gasteiger partial charge in [-0.2, -0.15) is 18.2 Å². The van der Waals surface area contributed by atoms with Gasteiger partial charge in [-0.1, -0.05) is 0 Å². The number of nitrogens with zero attached hydrogens (tertiary/aromatic N) is 4. The summed E-state index contributed by atoms with van der Waals surface area (Å²) in [5, 5.41) is 9.27. The zero-order chi connectivity index (χ0) is 19.7. The summed E-state index contributed by atoms with van der Waals surface area (Å²) in [5.74, 6) is 0.746. The number of aryl methyl sites for hydroxylation is 1. The van der Waals surface area contributed by atoms with Crippen LogP contribution in [0.3, 0.4) is 0 Å². The van der Waals surface area contributed by atoms with E-state index in [0.717, 1.165) is 17.8 Å². The van der Waals surface area contributed by atoms with Gasteiger partial charge in [-0.25, -0.2) is 9.97 Å². The van der Waals surface area contributed by atoms with Crippen molar-refractivity contribution in [3.8, 4) is 0 Å². The summed E-state index contributed by atoms with van der Waals surface area (Å²) in [7, 11) is 0. The SMILES string of the molecule is Cc1csc(Nc2nc(Nc3ccc(C(F)(F)F)cc3)c3cnccc3n2)n1. The van der Waals surface area contributed by atoms with E-state index in [9.17, 15) is 13.2 Å². The van der Waals surface area contributed by atoms with Gasteiger partial charge in [0.2, 0.25) is 5.95 Å². The van der Waals surface area contributed by atoms with Crippen LogP contribution in [0.1, 0.15) is 11.3 Å². The van der Waals surface area contributed by atoms with Gasteiger partial charge < -0.3 is 5.32 Å². The summed E-state index contributed by atoms with van der Waals surface area (Å²) < 4.78 is 38.3. The van der Waals surface area contributed by atoms with Crippen molar-refractivity contribution in [2.75, 3.05) is 10.6 Å². The van der Waals surface area contributed by atoms with E-state index >= 15 is 0 Å². The molecule has 4 aromatic rings. The molecule has 28 heavy (non-hydrogen) atoms. The molecule has 3 aromatic heterocycles. The number of thiazole rings is 1. The zero-order valence-electron chi connectivity index (χ0n) is 14.4. The molecule has 0 saturated carbocycles. The Morgan fingerprint density at radius 1 is 0.964 bits per heavy atom. The molecule has 0 aliphatic carbocycles. The van der Waals surface area contributed by atoms with Crippen molar-refractivity contribution in [3.63, 3.8) is 0 Å². The highest BCUT2D eigenvalue weighted by atomic mass is 32.1. The van der Waals surface area contributed by atoms with Crippen LogP contribution >= 0.6 is 11.3 Å². The molecule has 10 heteroatoms. The highest BCUT2D eigenvalue weighted by Gasteiger charge is 2.29. The number of nitrogens with one attached hydrogen (secondary N) is 2. The molecule has 0 saturated heterocycles. The van der Waals surface area contributed by atoms with Gasteiger partial charge in [0.1, 0.15) is 5.82 Å². The molecular weight excluding hydrogens is 389 g/mol. The number of benzene rings is 1. The van der Waals surface area contributed by atoms with Crippen LogP contribution in [-0.2, 0) is 6.18 Å². The fourth-order valence-electron chi connectivity index (χ4n) is 2.51. The molecule has 0 fully saturated rings. The quantitative estimate of drug-likeness (QED) is 0.483. The van der Waals surface area contributed by atoms with Crippen LogP contribution < -0.4 is 10.6 Å². The summed E-state index contributed by atoms with van der Waals surface area (Å²) in [4.78, 5) is 17.3. The minimum Gasteiger partial charge on any atom is -0.340 e. The van der Waals surface area contributed by atoms with E-state index in [2.05, 4.69) is 30.6 Å². The van der Waals surface area contributed by atoms with Gasteiger partial charge in [0.25, 0.3) is 0 Å². The van der Waals surface area contributed by atoms with E-state index in [0.29, 0.717) is 33.5 Å². The van der Waals surface area contributed by atoms with Crippen LogP contribution in [0.5, 0.6) is 0 Å². The van der Waals surface area contributed by atoms with Crippen molar-refractivity contribution in [1.29, 1.82) is 0 Å². The normalized spacial score (nSPS) is 11.6. The van der Waals surface area contributed by atoms with Crippen LogP contribution in [0.15, 0.2) is 48.1 Å². The van der Waals surface area contributed by atoms with Crippen LogP contribution in [0, 0.1) is 6.92 Å². The van der Waals surface area contributed by atoms with Gasteiger partial charge >= 0.3 is 6.18 Å². The Labute approximate surface area is 161 Å². The second kappa shape index (κ2) is 7.04. The summed E-state index contributed by atoms with van der Waals surface area (Å²) in [6.45, 7) is 1.88. The van der Waals surface area contributed by atoms with E-state index < -0.39 is 11.7 Å². The Kier molecular flexibility index (Phi) is 4.55. The summed E-state index contributed by atoms with van der Waals surface area (Å²) in [6.07, 6.45) is -1.18. The van der Waals surface area contributed by atoms with Crippen molar-refractivity contribution in [3.05, 3.63) is 59.4 Å². The lowest BCUT2D eigenvalue weighted by Gasteiger charge is -2.12. The number of hydrogen-bond acceptors (Lipinski definition) is 7. The van der Waals surface area contributed by atoms with Crippen LogP contribution in [0.25, 0.3) is 10.9 Å². The standard InChI is InChI=1S/C18H13F3N6S/c1-10-9-28-17(23-10)27-16-25-14-6-7-22-8-13(14)15(26-16)24-12-4-2-11(3-5-12)18(19,20)21/h2-9H,1H3,(H2,23,24,25,26,27). The third-order valence-corrected chi connectivity index (χ3v) is 4.69. The van der Waals surface area contributed by atoms with E-state index in [1.54, 1.807) is 18.5 Å². The number of alkyl halides is 3. The highest BCUT2D eigenvalue weighted by molar-refractivity contribution is 7.13. The fourth-order valence-corrected chi connectivity index (χ4v) is 3.19. The monoisotopic (exact) mass is 402 g/mol. The van der Waals surface area contributed by atoms with E-state index in [1.165, 1.54) is 23.5 Å². The molecule has 4 rings (SSSR count). The average Bonchev–Trinajstić information content (AvgIpc) is 3.06. The molecule has 0 amide bonds. The summed E-state index contributed by atoms with van der Waals surface area (Å²) >= 11 is 1.42. The topological polar surface area (TPSA) is 75.6 Å². The maximum absolute atomic E-state index is 12.8. The molecule has 0 atom stereocenters. The number of hydrogen-bond donors (Lipinski definition) is 2. The molecule has 0 spiro atoms. The average molecular weight is 402 g/mol. The van der Waals surface area contributed by atoms with Gasteiger partial charge in [0, 0.05) is 23.5 Å². The Morgan fingerprint density at radius 2 is 1.75 bits per heavy atom. The predicted molar refractivity (Wildman–Crippen MR) is 102 cm³/mol. The second-order valence-electron chi connectivity index (χ2n) is 5.91. The summed E-state index contributed by atoms with van der Waals surface area (Å²) in [5.41, 5.74) is 1.26. The number of fused-ring (bicyclic) bond motifs is 1. The van der Waals surface area contributed by atoms with E-state index in [1.807, 2.05) is 12.3 Å². The lowest BCUT2D eigenvalue weighted by atomic mass is 10.2. The van der Waals surface area contributed by atoms with Gasteiger partial charge in [0.15, 0.2) is 5.13 Å². The van der Waals surface area contributed by atoms with Crippen molar-refractivity contribution < 1.29 is 13.2 Å². The number of pyridine rings is 1. The molecule has 1 aromatic carbocycles. The van der Waals surface area contributed by atoms with Gasteiger partial charge in [-0.3, -0.25) is 10.3 Å². The lowest BCUT2D eigenvalue weighted by Crippen LogP contribution is -2.05. The molecule has 0 unspecified atom stereocenters.